The van der Waals surface area contributed by atoms with Gasteiger partial charge >= 0.3 is 12.2 Å². The fraction of sp³-hybridized carbons (Fsp3) is 0.417. The molecule has 6 nitrogen and oxygen atoms in total. The molecule has 1 N–H and O–H groups in total. The van der Waals surface area contributed by atoms with Gasteiger partial charge in [-0.1, -0.05) is 6.07 Å². The van der Waals surface area contributed by atoms with Crippen molar-refractivity contribution in [1.29, 1.82) is 0 Å². The number of nitrogens with one attached hydrogen (secondary N) is 1. The minimum atomic E-state index is -4.41. The average Bonchev–Trinajstić information content (AvgIpc) is 3.22. The standard InChI is InChI=1S/C24H26F3N3O3/c1-33-20-4-2-3-17(15-20)21(31)29-12-9-23(10-13-29)11-14-30(16-23)22(32)28-19-7-5-18(6-8-19)24(25,26)27/h2-8,15H,9-14,16H2,1H3,(H,28,32). The lowest BCUT2D eigenvalue weighted by Gasteiger charge is -2.39. The summed E-state index contributed by atoms with van der Waals surface area (Å²) < 4.78 is 43.3. The normalized spacial score (nSPS) is 17.8. The Morgan fingerprint density at radius 2 is 1.61 bits per heavy atom. The van der Waals surface area contributed by atoms with Gasteiger partial charge in [0.05, 0.1) is 12.7 Å². The molecular weight excluding hydrogens is 435 g/mol. The van der Waals surface area contributed by atoms with E-state index in [-0.39, 0.29) is 17.4 Å². The highest BCUT2D eigenvalue weighted by Gasteiger charge is 2.43. The van der Waals surface area contributed by atoms with Crippen LogP contribution in [0.5, 0.6) is 5.75 Å². The summed E-state index contributed by atoms with van der Waals surface area (Å²) in [5.41, 5.74) is 0.126. The molecule has 33 heavy (non-hydrogen) atoms. The highest BCUT2D eigenvalue weighted by molar-refractivity contribution is 5.94. The van der Waals surface area contributed by atoms with Crippen molar-refractivity contribution in [2.75, 3.05) is 38.6 Å². The van der Waals surface area contributed by atoms with Crippen LogP contribution in [-0.2, 0) is 6.18 Å². The smallest absolute Gasteiger partial charge is 0.416 e. The SMILES string of the molecule is COc1cccc(C(=O)N2CCC3(CCN(C(=O)Nc4ccc(C(F)(F)F)cc4)C3)CC2)c1. The van der Waals surface area contributed by atoms with Crippen LogP contribution in [0.1, 0.15) is 35.2 Å². The van der Waals surface area contributed by atoms with Crippen LogP contribution in [0.25, 0.3) is 0 Å². The van der Waals surface area contributed by atoms with Gasteiger partial charge in [0.1, 0.15) is 5.75 Å². The van der Waals surface area contributed by atoms with E-state index in [0.29, 0.717) is 43.2 Å². The lowest BCUT2D eigenvalue weighted by atomic mass is 9.77. The largest absolute Gasteiger partial charge is 0.497 e. The number of carbonyl (C=O) groups excluding carboxylic acids is 2. The van der Waals surface area contributed by atoms with Crippen molar-refractivity contribution >= 4 is 17.6 Å². The fourth-order valence-electron chi connectivity index (χ4n) is 4.58. The molecule has 0 saturated carbocycles. The van der Waals surface area contributed by atoms with Crippen molar-refractivity contribution in [3.05, 3.63) is 59.7 Å². The Morgan fingerprint density at radius 1 is 0.970 bits per heavy atom. The summed E-state index contributed by atoms with van der Waals surface area (Å²) in [5.74, 6) is 0.610. The van der Waals surface area contributed by atoms with Crippen molar-refractivity contribution in [3.8, 4) is 5.75 Å². The zero-order valence-corrected chi connectivity index (χ0v) is 18.3. The van der Waals surface area contributed by atoms with Crippen LogP contribution in [0.15, 0.2) is 48.5 Å². The molecule has 2 fully saturated rings. The minimum Gasteiger partial charge on any atom is -0.497 e. The molecule has 2 aromatic carbocycles. The number of hydrogen-bond acceptors (Lipinski definition) is 3. The molecule has 2 saturated heterocycles. The van der Waals surface area contributed by atoms with E-state index in [2.05, 4.69) is 5.32 Å². The van der Waals surface area contributed by atoms with Gasteiger partial charge in [0.15, 0.2) is 0 Å². The van der Waals surface area contributed by atoms with Gasteiger partial charge in [-0.3, -0.25) is 4.79 Å². The number of halogens is 3. The third-order valence-electron chi connectivity index (χ3n) is 6.62. The van der Waals surface area contributed by atoms with E-state index in [1.807, 2.05) is 4.90 Å². The van der Waals surface area contributed by atoms with E-state index < -0.39 is 11.7 Å². The first-order valence-electron chi connectivity index (χ1n) is 10.9. The van der Waals surface area contributed by atoms with Crippen LogP contribution in [0.3, 0.4) is 0 Å². The van der Waals surface area contributed by atoms with Crippen molar-refractivity contribution in [2.24, 2.45) is 5.41 Å². The number of nitrogens with zero attached hydrogens (tertiary/aromatic N) is 2. The molecule has 0 unspecified atom stereocenters. The van der Waals surface area contributed by atoms with Crippen molar-refractivity contribution in [3.63, 3.8) is 0 Å². The van der Waals surface area contributed by atoms with E-state index in [0.717, 1.165) is 31.4 Å². The number of anilines is 1. The maximum Gasteiger partial charge on any atom is 0.416 e. The van der Waals surface area contributed by atoms with Crippen LogP contribution in [-0.4, -0.2) is 55.0 Å². The van der Waals surface area contributed by atoms with E-state index in [1.165, 1.54) is 12.1 Å². The Balaban J connectivity index is 1.31. The lowest BCUT2D eigenvalue weighted by molar-refractivity contribution is -0.137. The zero-order chi connectivity index (χ0) is 23.6. The molecule has 4 rings (SSSR count). The van der Waals surface area contributed by atoms with Crippen LogP contribution >= 0.6 is 0 Å². The Morgan fingerprint density at radius 3 is 2.21 bits per heavy atom. The van der Waals surface area contributed by atoms with Gasteiger partial charge in [0, 0.05) is 37.4 Å². The molecule has 1 spiro atoms. The summed E-state index contributed by atoms with van der Waals surface area (Å²) in [4.78, 5) is 29.1. The van der Waals surface area contributed by atoms with Crippen molar-refractivity contribution in [2.45, 2.75) is 25.4 Å². The number of benzene rings is 2. The van der Waals surface area contributed by atoms with E-state index in [4.69, 9.17) is 4.74 Å². The van der Waals surface area contributed by atoms with Gasteiger partial charge in [-0.05, 0) is 67.1 Å². The van der Waals surface area contributed by atoms with E-state index in [1.54, 1.807) is 36.3 Å². The van der Waals surface area contributed by atoms with Crippen LogP contribution in [0.4, 0.5) is 23.7 Å². The summed E-state index contributed by atoms with van der Waals surface area (Å²) in [6.07, 6.45) is -1.97. The molecule has 0 radical (unpaired) electrons. The van der Waals surface area contributed by atoms with Crippen LogP contribution in [0.2, 0.25) is 0 Å². The lowest BCUT2D eigenvalue weighted by Crippen LogP contribution is -2.45. The number of amides is 3. The van der Waals surface area contributed by atoms with Crippen molar-refractivity contribution < 1.29 is 27.5 Å². The number of urea groups is 1. The molecule has 3 amide bonds. The summed E-state index contributed by atoms with van der Waals surface area (Å²) in [5, 5.41) is 2.69. The predicted molar refractivity (Wildman–Crippen MR) is 117 cm³/mol. The monoisotopic (exact) mass is 461 g/mol. The Hall–Kier alpha value is -3.23. The topological polar surface area (TPSA) is 61.9 Å². The summed E-state index contributed by atoms with van der Waals surface area (Å²) >= 11 is 0. The first kappa shape index (κ1) is 22.9. The number of likely N-dealkylation sites (tertiary alicyclic amines) is 2. The number of ether oxygens (including phenoxy) is 1. The fourth-order valence-corrected chi connectivity index (χ4v) is 4.58. The summed E-state index contributed by atoms with van der Waals surface area (Å²) in [6.45, 7) is 2.38. The number of hydrogen-bond donors (Lipinski definition) is 1. The van der Waals surface area contributed by atoms with E-state index in [9.17, 15) is 22.8 Å². The third-order valence-corrected chi connectivity index (χ3v) is 6.62. The molecular formula is C24H26F3N3O3. The molecule has 2 aromatic rings. The average molecular weight is 461 g/mol. The number of piperidine rings is 1. The minimum absolute atomic E-state index is 0.0290. The first-order chi connectivity index (χ1) is 15.7. The Bertz CT molecular complexity index is 1020. The molecule has 0 aliphatic carbocycles. The second-order valence-electron chi connectivity index (χ2n) is 8.70. The van der Waals surface area contributed by atoms with Crippen LogP contribution < -0.4 is 10.1 Å². The molecule has 0 atom stereocenters. The maximum absolute atomic E-state index is 12.9. The molecule has 2 aliphatic rings. The molecule has 176 valence electrons. The van der Waals surface area contributed by atoms with Crippen molar-refractivity contribution in [1.82, 2.24) is 9.80 Å². The van der Waals surface area contributed by atoms with Gasteiger partial charge in [-0.2, -0.15) is 13.2 Å². The highest BCUT2D eigenvalue weighted by Crippen LogP contribution is 2.41. The predicted octanol–water partition coefficient (Wildman–Crippen LogP) is 4.87. The highest BCUT2D eigenvalue weighted by atomic mass is 19.4. The molecule has 2 heterocycles. The third kappa shape index (κ3) is 5.07. The van der Waals surface area contributed by atoms with Gasteiger partial charge in [0.25, 0.3) is 5.91 Å². The Kier molecular flexibility index (Phi) is 6.23. The number of alkyl halides is 3. The van der Waals surface area contributed by atoms with Gasteiger partial charge < -0.3 is 19.9 Å². The quantitative estimate of drug-likeness (QED) is 0.709. The second-order valence-corrected chi connectivity index (χ2v) is 8.70. The Labute approximate surface area is 190 Å². The first-order valence-corrected chi connectivity index (χ1v) is 10.9. The number of methoxy groups -OCH3 is 1. The molecule has 0 aromatic heterocycles. The van der Waals surface area contributed by atoms with E-state index >= 15 is 0 Å². The van der Waals surface area contributed by atoms with Gasteiger partial charge in [-0.25, -0.2) is 4.79 Å². The van der Waals surface area contributed by atoms with Gasteiger partial charge in [0.2, 0.25) is 0 Å². The second kappa shape index (κ2) is 8.96. The number of rotatable bonds is 3. The molecule has 2 aliphatic heterocycles. The molecule has 0 bridgehead atoms. The number of carbonyl (C=O) groups is 2. The maximum atomic E-state index is 12.9. The van der Waals surface area contributed by atoms with Crippen LogP contribution in [0, 0.1) is 5.41 Å². The van der Waals surface area contributed by atoms with Gasteiger partial charge in [-0.15, -0.1) is 0 Å². The summed E-state index contributed by atoms with van der Waals surface area (Å²) in [7, 11) is 1.56. The molecule has 9 heteroatoms. The zero-order valence-electron chi connectivity index (χ0n) is 18.3. The summed E-state index contributed by atoms with van der Waals surface area (Å²) in [6, 6.07) is 11.2.